The van der Waals surface area contributed by atoms with E-state index in [-0.39, 0.29) is 11.7 Å². The number of benzene rings is 2. The third-order valence-corrected chi connectivity index (χ3v) is 5.33. The third kappa shape index (κ3) is 3.26. The summed E-state index contributed by atoms with van der Waals surface area (Å²) >= 11 is 0. The van der Waals surface area contributed by atoms with Gasteiger partial charge in [0.1, 0.15) is 11.9 Å². The minimum Gasteiger partial charge on any atom is -0.545 e. The molecular formula is C21H25O3-. The smallest absolute Gasteiger partial charge is 0.136 e. The molecule has 1 saturated carbocycles. The van der Waals surface area contributed by atoms with Crippen LogP contribution in [0.4, 0.5) is 0 Å². The molecule has 3 rings (SSSR count). The zero-order chi connectivity index (χ0) is 17.3. The SMILES string of the molecule is CC1CCC(C(C)C)C(Oc2c(C(=O)[O-])ccc3ccccc23)C1. The molecule has 3 unspecified atom stereocenters. The molecule has 0 spiro atoms. The van der Waals surface area contributed by atoms with Crippen LogP contribution in [0.3, 0.4) is 0 Å². The van der Waals surface area contributed by atoms with E-state index >= 15 is 0 Å². The molecule has 0 N–H and O–H groups in total. The van der Waals surface area contributed by atoms with Crippen molar-refractivity contribution in [2.45, 2.75) is 46.1 Å². The number of hydrogen-bond acceptors (Lipinski definition) is 3. The van der Waals surface area contributed by atoms with Crippen molar-refractivity contribution < 1.29 is 14.6 Å². The van der Waals surface area contributed by atoms with E-state index in [4.69, 9.17) is 4.74 Å². The molecule has 1 aliphatic carbocycles. The lowest BCUT2D eigenvalue weighted by atomic mass is 9.75. The summed E-state index contributed by atoms with van der Waals surface area (Å²) in [7, 11) is 0. The van der Waals surface area contributed by atoms with E-state index in [1.54, 1.807) is 6.07 Å². The van der Waals surface area contributed by atoms with Crippen LogP contribution >= 0.6 is 0 Å². The van der Waals surface area contributed by atoms with E-state index in [0.29, 0.717) is 23.5 Å². The Labute approximate surface area is 143 Å². The van der Waals surface area contributed by atoms with Gasteiger partial charge in [-0.1, -0.05) is 57.5 Å². The van der Waals surface area contributed by atoms with Gasteiger partial charge in [-0.25, -0.2) is 0 Å². The molecule has 3 heteroatoms. The highest BCUT2D eigenvalue weighted by molar-refractivity contribution is 5.99. The first-order valence-electron chi connectivity index (χ1n) is 8.87. The first kappa shape index (κ1) is 16.8. The Morgan fingerprint density at radius 1 is 1.17 bits per heavy atom. The highest BCUT2D eigenvalue weighted by Gasteiger charge is 2.33. The van der Waals surface area contributed by atoms with Gasteiger partial charge in [-0.2, -0.15) is 0 Å². The zero-order valence-electron chi connectivity index (χ0n) is 14.6. The minimum atomic E-state index is -1.18. The predicted octanol–water partition coefficient (Wildman–Crippen LogP) is 4.04. The maximum Gasteiger partial charge on any atom is 0.136 e. The van der Waals surface area contributed by atoms with Crippen LogP contribution < -0.4 is 9.84 Å². The van der Waals surface area contributed by atoms with Crippen LogP contribution in [0.2, 0.25) is 0 Å². The molecule has 0 heterocycles. The molecule has 0 bridgehead atoms. The normalized spacial score (nSPS) is 24.2. The molecule has 2 aromatic rings. The molecule has 0 aliphatic heterocycles. The van der Waals surface area contributed by atoms with E-state index in [9.17, 15) is 9.90 Å². The third-order valence-electron chi connectivity index (χ3n) is 5.33. The van der Waals surface area contributed by atoms with Gasteiger partial charge >= 0.3 is 0 Å². The number of hydrogen-bond donors (Lipinski definition) is 0. The fourth-order valence-corrected chi connectivity index (χ4v) is 3.93. The van der Waals surface area contributed by atoms with Crippen molar-refractivity contribution in [2.24, 2.45) is 17.8 Å². The average molecular weight is 325 g/mol. The monoisotopic (exact) mass is 325 g/mol. The number of carbonyl (C=O) groups excluding carboxylic acids is 1. The highest BCUT2D eigenvalue weighted by Crippen LogP contribution is 2.38. The van der Waals surface area contributed by atoms with Crippen LogP contribution in [-0.4, -0.2) is 12.1 Å². The Bertz CT molecular complexity index is 735. The van der Waals surface area contributed by atoms with Crippen LogP contribution in [0.1, 0.15) is 50.4 Å². The van der Waals surface area contributed by atoms with Crippen LogP contribution in [0.5, 0.6) is 5.75 Å². The van der Waals surface area contributed by atoms with Gasteiger partial charge in [-0.15, -0.1) is 0 Å². The van der Waals surface area contributed by atoms with Crippen LogP contribution in [0.25, 0.3) is 10.8 Å². The first-order valence-corrected chi connectivity index (χ1v) is 8.87. The fourth-order valence-electron chi connectivity index (χ4n) is 3.93. The number of aromatic carboxylic acids is 1. The number of fused-ring (bicyclic) bond motifs is 1. The summed E-state index contributed by atoms with van der Waals surface area (Å²) in [5.74, 6) is 0.864. The van der Waals surface area contributed by atoms with Crippen molar-refractivity contribution in [3.8, 4) is 5.75 Å². The second-order valence-corrected chi connectivity index (χ2v) is 7.43. The average Bonchev–Trinajstić information content (AvgIpc) is 2.54. The van der Waals surface area contributed by atoms with Gasteiger partial charge in [0.2, 0.25) is 0 Å². The molecule has 0 amide bonds. The number of rotatable bonds is 4. The molecule has 0 aromatic heterocycles. The maximum absolute atomic E-state index is 11.6. The lowest BCUT2D eigenvalue weighted by molar-refractivity contribution is -0.255. The van der Waals surface area contributed by atoms with Crippen LogP contribution in [0, 0.1) is 17.8 Å². The minimum absolute atomic E-state index is 0.0534. The van der Waals surface area contributed by atoms with Gasteiger partial charge in [0, 0.05) is 10.9 Å². The molecule has 0 saturated heterocycles. The van der Waals surface area contributed by atoms with Crippen molar-refractivity contribution in [2.75, 3.05) is 0 Å². The summed E-state index contributed by atoms with van der Waals surface area (Å²) in [6, 6.07) is 11.2. The lowest BCUT2D eigenvalue weighted by Gasteiger charge is -2.38. The lowest BCUT2D eigenvalue weighted by Crippen LogP contribution is -2.37. The largest absolute Gasteiger partial charge is 0.545 e. The quantitative estimate of drug-likeness (QED) is 0.852. The standard InChI is InChI=1S/C21H26O3/c1-13(2)16-10-8-14(3)12-19(16)24-20-17-7-5-4-6-15(17)9-11-18(20)21(22)23/h4-7,9,11,13-14,16,19H,8,10,12H2,1-3H3,(H,22,23)/p-1. The summed E-state index contributed by atoms with van der Waals surface area (Å²) < 4.78 is 6.38. The van der Waals surface area contributed by atoms with Gasteiger partial charge < -0.3 is 14.6 Å². The molecular weight excluding hydrogens is 300 g/mol. The Hall–Kier alpha value is -2.03. The highest BCUT2D eigenvalue weighted by atomic mass is 16.5. The van der Waals surface area contributed by atoms with Gasteiger partial charge in [-0.05, 0) is 42.0 Å². The van der Waals surface area contributed by atoms with Crippen LogP contribution in [-0.2, 0) is 0 Å². The summed E-state index contributed by atoms with van der Waals surface area (Å²) in [5.41, 5.74) is 0.148. The summed E-state index contributed by atoms with van der Waals surface area (Å²) in [6.45, 7) is 6.69. The van der Waals surface area contributed by atoms with E-state index in [0.717, 1.165) is 23.6 Å². The van der Waals surface area contributed by atoms with Gasteiger partial charge in [-0.3, -0.25) is 0 Å². The molecule has 0 radical (unpaired) electrons. The van der Waals surface area contributed by atoms with Crippen LogP contribution in [0.15, 0.2) is 36.4 Å². The van der Waals surface area contributed by atoms with E-state index in [1.165, 1.54) is 6.42 Å². The van der Waals surface area contributed by atoms with Gasteiger partial charge in [0.15, 0.2) is 0 Å². The molecule has 128 valence electrons. The molecule has 3 atom stereocenters. The Balaban J connectivity index is 2.04. The second-order valence-electron chi connectivity index (χ2n) is 7.43. The summed E-state index contributed by atoms with van der Waals surface area (Å²) in [4.78, 5) is 11.6. The zero-order valence-corrected chi connectivity index (χ0v) is 14.6. The van der Waals surface area contributed by atoms with E-state index in [1.807, 2.05) is 30.3 Å². The van der Waals surface area contributed by atoms with Crippen molar-refractivity contribution in [3.05, 3.63) is 42.0 Å². The summed E-state index contributed by atoms with van der Waals surface area (Å²) in [6.07, 6.45) is 3.37. The topological polar surface area (TPSA) is 49.4 Å². The molecule has 24 heavy (non-hydrogen) atoms. The Morgan fingerprint density at radius 3 is 2.62 bits per heavy atom. The molecule has 1 fully saturated rings. The molecule has 3 nitrogen and oxygen atoms in total. The Morgan fingerprint density at radius 2 is 1.92 bits per heavy atom. The first-order chi connectivity index (χ1) is 11.5. The van der Waals surface area contributed by atoms with Crippen molar-refractivity contribution in [1.82, 2.24) is 0 Å². The Kier molecular flexibility index (Phi) is 4.79. The van der Waals surface area contributed by atoms with E-state index in [2.05, 4.69) is 20.8 Å². The maximum atomic E-state index is 11.6. The number of ether oxygens (including phenoxy) is 1. The molecule has 1 aliphatic rings. The van der Waals surface area contributed by atoms with E-state index < -0.39 is 5.97 Å². The number of carbonyl (C=O) groups is 1. The van der Waals surface area contributed by atoms with Crippen molar-refractivity contribution in [3.63, 3.8) is 0 Å². The van der Waals surface area contributed by atoms with Crippen molar-refractivity contribution >= 4 is 16.7 Å². The number of carboxylic acid groups (broad SMARTS) is 1. The summed E-state index contributed by atoms with van der Waals surface area (Å²) in [5, 5.41) is 13.4. The fraction of sp³-hybridized carbons (Fsp3) is 0.476. The van der Waals surface area contributed by atoms with Crippen molar-refractivity contribution in [1.29, 1.82) is 0 Å². The van der Waals surface area contributed by atoms with Gasteiger partial charge in [0.05, 0.1) is 5.97 Å². The second kappa shape index (κ2) is 6.84. The number of carboxylic acids is 1. The molecule has 2 aromatic carbocycles. The van der Waals surface area contributed by atoms with Gasteiger partial charge in [0.25, 0.3) is 0 Å². The predicted molar refractivity (Wildman–Crippen MR) is 94.0 cm³/mol.